The lowest BCUT2D eigenvalue weighted by Crippen LogP contribution is -2.62. The number of aliphatic hydroxyl groups is 6. The fraction of sp³-hybridized carbons (Fsp3) is 0.931. The number of amides is 2. The molecule has 0 aliphatic heterocycles. The van der Waals surface area contributed by atoms with Crippen molar-refractivity contribution < 1.29 is 60.0 Å². The van der Waals surface area contributed by atoms with E-state index in [1.54, 1.807) is 4.90 Å². The van der Waals surface area contributed by atoms with Crippen LogP contribution in [0.25, 0.3) is 0 Å². The number of nitrogens with one attached hydrogen (secondary N) is 1. The van der Waals surface area contributed by atoms with Crippen molar-refractivity contribution in [1.82, 2.24) is 15.1 Å². The van der Waals surface area contributed by atoms with E-state index in [-0.39, 0.29) is 124 Å². The second-order valence-corrected chi connectivity index (χ2v) is 27.0. The summed E-state index contributed by atoms with van der Waals surface area (Å²) < 4.78 is 0. The molecule has 9 N–H and O–H groups in total. The van der Waals surface area contributed by atoms with Crippen LogP contribution in [0.15, 0.2) is 0 Å². The van der Waals surface area contributed by atoms with E-state index in [1.165, 1.54) is 4.90 Å². The molecule has 15 heteroatoms. The molecule has 8 rings (SSSR count). The molecule has 0 aromatic heterocycles. The third kappa shape index (κ3) is 10.9. The predicted molar refractivity (Wildman–Crippen MR) is 275 cm³/mol. The molecule has 14 unspecified atom stereocenters. The number of fused-ring (bicyclic) bond motifs is 10. The first-order valence-corrected chi connectivity index (χ1v) is 29.2. The molecule has 8 aliphatic rings. The SMILES string of the molecule is CC(CCC(=O)NCCCN(CCCN(CC(=O)O)CC(=O)O)C(=O)CCC(C)C1CCC2C3C(O)CC4C[C@H](O)CC[C@]4(C)C3C[C@H](O)[C@]12C)C1CCC2C3C(O)CC4C[C@H](O)CC[C@]4(C)C3C[C@H](O)[C@]12C. The van der Waals surface area contributed by atoms with E-state index in [2.05, 4.69) is 46.9 Å². The zero-order chi connectivity index (χ0) is 52.9. The van der Waals surface area contributed by atoms with Gasteiger partial charge in [0.25, 0.3) is 0 Å². The summed E-state index contributed by atoms with van der Waals surface area (Å²) in [5.41, 5.74) is -0.740. The summed E-state index contributed by atoms with van der Waals surface area (Å²) in [4.78, 5) is 53.8. The summed E-state index contributed by atoms with van der Waals surface area (Å²) in [6.45, 7) is 13.9. The zero-order valence-electron chi connectivity index (χ0n) is 45.4. The molecule has 0 spiro atoms. The topological polar surface area (TPSA) is 249 Å². The van der Waals surface area contributed by atoms with E-state index in [1.807, 2.05) is 0 Å². The van der Waals surface area contributed by atoms with E-state index in [0.29, 0.717) is 77.4 Å². The fourth-order valence-electron chi connectivity index (χ4n) is 19.6. The van der Waals surface area contributed by atoms with Crippen LogP contribution >= 0.6 is 0 Å². The Kier molecular flexibility index (Phi) is 17.5. The minimum atomic E-state index is -1.12. The molecular formula is C58H97N3O12. The van der Waals surface area contributed by atoms with Gasteiger partial charge in [-0.25, -0.2) is 0 Å². The molecule has 2 amide bonds. The Morgan fingerprint density at radius 1 is 0.562 bits per heavy atom. The van der Waals surface area contributed by atoms with Crippen LogP contribution < -0.4 is 5.32 Å². The maximum atomic E-state index is 14.2. The van der Waals surface area contributed by atoms with Crippen molar-refractivity contribution in [1.29, 1.82) is 0 Å². The molecule has 8 fully saturated rings. The Morgan fingerprint density at radius 3 is 1.48 bits per heavy atom. The lowest BCUT2D eigenvalue weighted by Gasteiger charge is -2.63. The first-order chi connectivity index (χ1) is 34.4. The minimum Gasteiger partial charge on any atom is -0.480 e. The fourth-order valence-corrected chi connectivity index (χ4v) is 19.6. The van der Waals surface area contributed by atoms with Crippen LogP contribution in [-0.4, -0.2) is 150 Å². The van der Waals surface area contributed by atoms with E-state index in [0.717, 1.165) is 64.2 Å². The second-order valence-electron chi connectivity index (χ2n) is 27.0. The summed E-state index contributed by atoms with van der Waals surface area (Å²) in [5, 5.41) is 90.6. The number of rotatable bonds is 20. The standard InChI is InChI=1S/C58H97N3O12/c1-33(39-11-13-41-53-43(29-47(66)57(39,41)5)55(3)19-17-37(62)25-35(55)27-45(53)64)9-15-49(68)59-21-7-23-61(24-8-22-60(31-51(70)71)32-52(72)73)50(69)16-10-34(2)40-12-14-42-54-44(30-48(67)58(40,42)6)56(4)20-18-38(63)26-36(56)28-46(54)65/h33-48,53-54,62-67H,7-32H2,1-6H3,(H,59,68)(H,70,71)(H,72,73)/t33?,34?,35?,36?,37-,38-,39?,40?,41?,42?,43?,44?,45?,46?,47+,48+,53?,54?,55+,56+,57-,58-/m1/s1. The molecule has 0 aromatic carbocycles. The number of aliphatic carboxylic acids is 2. The maximum absolute atomic E-state index is 14.2. The van der Waals surface area contributed by atoms with Crippen LogP contribution in [0.4, 0.5) is 0 Å². The highest BCUT2D eigenvalue weighted by Gasteiger charge is 2.67. The van der Waals surface area contributed by atoms with Gasteiger partial charge in [0.05, 0.1) is 49.7 Å². The second kappa shape index (κ2) is 22.5. The van der Waals surface area contributed by atoms with E-state index in [9.17, 15) is 60.0 Å². The lowest BCUT2D eigenvalue weighted by molar-refractivity contribution is -0.207. The van der Waals surface area contributed by atoms with Gasteiger partial charge in [-0.3, -0.25) is 24.1 Å². The summed E-state index contributed by atoms with van der Waals surface area (Å²) in [6, 6.07) is 0. The molecule has 0 saturated heterocycles. The van der Waals surface area contributed by atoms with Gasteiger partial charge in [-0.05, 0) is 208 Å². The van der Waals surface area contributed by atoms with Crippen molar-refractivity contribution in [3.05, 3.63) is 0 Å². The van der Waals surface area contributed by atoms with Gasteiger partial charge in [0.1, 0.15) is 0 Å². The van der Waals surface area contributed by atoms with Gasteiger partial charge in [-0.15, -0.1) is 0 Å². The van der Waals surface area contributed by atoms with Gasteiger partial charge in [0.15, 0.2) is 0 Å². The summed E-state index contributed by atoms with van der Waals surface area (Å²) in [7, 11) is 0. The minimum absolute atomic E-state index is 0.0112. The van der Waals surface area contributed by atoms with Crippen molar-refractivity contribution >= 4 is 23.8 Å². The zero-order valence-corrected chi connectivity index (χ0v) is 45.4. The molecule has 0 aromatic rings. The molecule has 73 heavy (non-hydrogen) atoms. The molecule has 8 saturated carbocycles. The molecule has 416 valence electrons. The number of hydrogen-bond donors (Lipinski definition) is 9. The summed E-state index contributed by atoms with van der Waals surface area (Å²) in [5.74, 6) is -0.0731. The number of nitrogens with zero attached hydrogens (tertiary/aromatic N) is 2. The van der Waals surface area contributed by atoms with Gasteiger partial charge in [-0.1, -0.05) is 41.5 Å². The van der Waals surface area contributed by atoms with Crippen LogP contribution in [0.3, 0.4) is 0 Å². The molecule has 0 bridgehead atoms. The first kappa shape index (κ1) is 56.8. The Labute approximate surface area is 436 Å². The van der Waals surface area contributed by atoms with Gasteiger partial charge in [0.2, 0.25) is 11.8 Å². The van der Waals surface area contributed by atoms with Crippen LogP contribution in [0, 0.1) is 92.7 Å². The largest absolute Gasteiger partial charge is 0.480 e. The van der Waals surface area contributed by atoms with Crippen molar-refractivity contribution in [2.24, 2.45) is 92.7 Å². The quantitative estimate of drug-likeness (QED) is 0.0642. The molecule has 0 heterocycles. The normalized spacial score (nSPS) is 44.6. The van der Waals surface area contributed by atoms with E-state index < -0.39 is 54.9 Å². The lowest BCUT2D eigenvalue weighted by atomic mass is 9.43. The number of carboxylic acid groups (broad SMARTS) is 2. The maximum Gasteiger partial charge on any atom is 0.317 e. The highest BCUT2D eigenvalue weighted by Crippen LogP contribution is 2.70. The van der Waals surface area contributed by atoms with Crippen molar-refractivity contribution in [3.63, 3.8) is 0 Å². The Balaban J connectivity index is 0.841. The Morgan fingerprint density at radius 2 is 1.01 bits per heavy atom. The van der Waals surface area contributed by atoms with E-state index >= 15 is 0 Å². The van der Waals surface area contributed by atoms with Crippen LogP contribution in [0.2, 0.25) is 0 Å². The smallest absolute Gasteiger partial charge is 0.317 e. The number of hydrogen-bond acceptors (Lipinski definition) is 11. The molecule has 0 radical (unpaired) electrons. The van der Waals surface area contributed by atoms with Gasteiger partial charge in [-0.2, -0.15) is 0 Å². The number of carbonyl (C=O) groups is 4. The predicted octanol–water partition coefficient (Wildman–Crippen LogP) is 5.94. The molecule has 8 aliphatic carbocycles. The van der Waals surface area contributed by atoms with Crippen molar-refractivity contribution in [2.75, 3.05) is 39.3 Å². The average molecular weight is 1030 g/mol. The van der Waals surface area contributed by atoms with Crippen LogP contribution in [0.1, 0.15) is 170 Å². The molecular weight excluding hydrogens is 931 g/mol. The Bertz CT molecular complexity index is 1940. The van der Waals surface area contributed by atoms with Crippen LogP contribution in [-0.2, 0) is 19.2 Å². The van der Waals surface area contributed by atoms with Crippen molar-refractivity contribution in [3.8, 4) is 0 Å². The third-order valence-electron chi connectivity index (χ3n) is 23.6. The van der Waals surface area contributed by atoms with Crippen molar-refractivity contribution in [2.45, 2.75) is 207 Å². The highest BCUT2D eigenvalue weighted by atomic mass is 16.4. The van der Waals surface area contributed by atoms with Gasteiger partial charge in [0, 0.05) is 39.0 Å². The monoisotopic (exact) mass is 1030 g/mol. The Hall–Kier alpha value is -2.40. The molecule has 22 atom stereocenters. The van der Waals surface area contributed by atoms with E-state index in [4.69, 9.17) is 0 Å². The van der Waals surface area contributed by atoms with Crippen LogP contribution in [0.5, 0.6) is 0 Å². The summed E-state index contributed by atoms with van der Waals surface area (Å²) >= 11 is 0. The third-order valence-corrected chi connectivity index (χ3v) is 23.6. The van der Waals surface area contributed by atoms with Gasteiger partial charge < -0.3 is 51.1 Å². The number of carbonyl (C=O) groups excluding carboxylic acids is 2. The summed E-state index contributed by atoms with van der Waals surface area (Å²) in [6.07, 6.45) is 11.6. The molecule has 15 nitrogen and oxygen atoms in total. The highest BCUT2D eigenvalue weighted by molar-refractivity contribution is 5.76. The number of carboxylic acids is 2. The average Bonchev–Trinajstić information content (AvgIpc) is 3.87. The van der Waals surface area contributed by atoms with Gasteiger partial charge >= 0.3 is 11.9 Å². The number of aliphatic hydroxyl groups excluding tert-OH is 6. The first-order valence-electron chi connectivity index (χ1n) is 29.2.